The number of rotatable bonds is 7. The molecule has 0 saturated carbocycles. The Labute approximate surface area is 156 Å². The molecule has 3 rings (SSSR count). The summed E-state index contributed by atoms with van der Waals surface area (Å²) in [6, 6.07) is 18.6. The molecule has 2 aromatic rings. The molecule has 0 spiro atoms. The Morgan fingerprint density at radius 3 is 2.38 bits per heavy atom. The number of aliphatic hydroxyl groups is 1. The van der Waals surface area contributed by atoms with Gasteiger partial charge in [0, 0.05) is 25.6 Å². The second kappa shape index (κ2) is 8.63. The predicted molar refractivity (Wildman–Crippen MR) is 106 cm³/mol. The maximum atomic E-state index is 11.9. The standard InChI is InChI=1S/C23H29NO2/c1-3-13-23(25,21-11-9-19(2)10-12-21)22(20-7-5-4-6-8-20)18-24-14-16-26-17-15-24/h3-12,22,25H,1,13-18H2,2H3/t22-,23+/m1/s1. The number of hydrogen-bond donors (Lipinski definition) is 1. The average molecular weight is 351 g/mol. The van der Waals surface area contributed by atoms with E-state index < -0.39 is 5.60 Å². The Kier molecular flexibility index (Phi) is 6.25. The Bertz CT molecular complexity index is 692. The molecule has 0 unspecified atom stereocenters. The molecule has 0 aliphatic carbocycles. The fourth-order valence-corrected chi connectivity index (χ4v) is 3.78. The van der Waals surface area contributed by atoms with Gasteiger partial charge in [0.15, 0.2) is 0 Å². The molecule has 2 atom stereocenters. The van der Waals surface area contributed by atoms with Crippen molar-refractivity contribution < 1.29 is 9.84 Å². The molecule has 2 aromatic carbocycles. The van der Waals surface area contributed by atoms with Crippen molar-refractivity contribution in [2.45, 2.75) is 24.9 Å². The van der Waals surface area contributed by atoms with E-state index in [1.54, 1.807) is 0 Å². The van der Waals surface area contributed by atoms with Gasteiger partial charge >= 0.3 is 0 Å². The zero-order chi connectivity index (χ0) is 18.4. The van der Waals surface area contributed by atoms with Crippen molar-refractivity contribution in [3.8, 4) is 0 Å². The predicted octanol–water partition coefficient (Wildman–Crippen LogP) is 3.87. The van der Waals surface area contributed by atoms with Gasteiger partial charge < -0.3 is 9.84 Å². The number of benzene rings is 2. The van der Waals surface area contributed by atoms with Gasteiger partial charge in [-0.3, -0.25) is 4.90 Å². The van der Waals surface area contributed by atoms with Crippen LogP contribution >= 0.6 is 0 Å². The Hall–Kier alpha value is -1.94. The molecule has 0 aromatic heterocycles. The largest absolute Gasteiger partial charge is 0.384 e. The summed E-state index contributed by atoms with van der Waals surface area (Å²) in [5, 5.41) is 11.9. The van der Waals surface area contributed by atoms with E-state index in [1.165, 1.54) is 5.56 Å². The lowest BCUT2D eigenvalue weighted by molar-refractivity contribution is -0.0206. The molecular weight excluding hydrogens is 322 g/mol. The van der Waals surface area contributed by atoms with Crippen LogP contribution in [0.2, 0.25) is 0 Å². The van der Waals surface area contributed by atoms with Gasteiger partial charge in [-0.05, 0) is 24.5 Å². The maximum Gasteiger partial charge on any atom is 0.101 e. The SMILES string of the molecule is C=CC[C@](O)(c1ccc(C)cc1)[C@H](CN1CCOCC1)c1ccccc1. The second-order valence-electron chi connectivity index (χ2n) is 7.16. The van der Waals surface area contributed by atoms with Crippen molar-refractivity contribution in [3.63, 3.8) is 0 Å². The van der Waals surface area contributed by atoms with Crippen LogP contribution in [-0.2, 0) is 10.3 Å². The summed E-state index contributed by atoms with van der Waals surface area (Å²) in [5.41, 5.74) is 2.31. The highest BCUT2D eigenvalue weighted by atomic mass is 16.5. The molecule has 26 heavy (non-hydrogen) atoms. The van der Waals surface area contributed by atoms with Crippen molar-refractivity contribution in [1.29, 1.82) is 0 Å². The molecule has 0 radical (unpaired) electrons. The van der Waals surface area contributed by atoms with E-state index in [9.17, 15) is 5.11 Å². The average Bonchev–Trinajstić information content (AvgIpc) is 2.68. The van der Waals surface area contributed by atoms with Gasteiger partial charge in [-0.1, -0.05) is 66.2 Å². The Balaban J connectivity index is 2.00. The second-order valence-corrected chi connectivity index (χ2v) is 7.16. The zero-order valence-electron chi connectivity index (χ0n) is 15.6. The van der Waals surface area contributed by atoms with Crippen molar-refractivity contribution in [1.82, 2.24) is 4.90 Å². The van der Waals surface area contributed by atoms with Gasteiger partial charge in [0.05, 0.1) is 13.2 Å². The third-order valence-corrected chi connectivity index (χ3v) is 5.33. The third-order valence-electron chi connectivity index (χ3n) is 5.33. The van der Waals surface area contributed by atoms with E-state index >= 15 is 0 Å². The van der Waals surface area contributed by atoms with E-state index in [4.69, 9.17) is 4.74 Å². The van der Waals surface area contributed by atoms with Crippen molar-refractivity contribution >= 4 is 0 Å². The minimum absolute atomic E-state index is 0.0393. The lowest BCUT2D eigenvalue weighted by Crippen LogP contribution is -2.44. The minimum atomic E-state index is -0.991. The molecule has 1 fully saturated rings. The van der Waals surface area contributed by atoms with Gasteiger partial charge in [-0.25, -0.2) is 0 Å². The van der Waals surface area contributed by atoms with E-state index in [0.717, 1.165) is 44.0 Å². The van der Waals surface area contributed by atoms with Crippen LogP contribution in [0, 0.1) is 6.92 Å². The first-order valence-corrected chi connectivity index (χ1v) is 9.39. The molecule has 1 saturated heterocycles. The molecule has 1 aliphatic heterocycles. The summed E-state index contributed by atoms with van der Waals surface area (Å²) in [5.74, 6) is -0.0393. The lowest BCUT2D eigenvalue weighted by atomic mass is 9.74. The number of hydrogen-bond acceptors (Lipinski definition) is 3. The van der Waals surface area contributed by atoms with Gasteiger partial charge in [0.1, 0.15) is 5.60 Å². The van der Waals surface area contributed by atoms with Crippen molar-refractivity contribution in [2.24, 2.45) is 0 Å². The highest BCUT2D eigenvalue weighted by Crippen LogP contribution is 2.41. The summed E-state index contributed by atoms with van der Waals surface area (Å²) < 4.78 is 5.50. The third kappa shape index (κ3) is 4.24. The van der Waals surface area contributed by atoms with Gasteiger partial charge in [0.25, 0.3) is 0 Å². The summed E-state index contributed by atoms with van der Waals surface area (Å²) in [4.78, 5) is 2.39. The summed E-state index contributed by atoms with van der Waals surface area (Å²) in [6.07, 6.45) is 2.34. The molecular formula is C23H29NO2. The monoisotopic (exact) mass is 351 g/mol. The van der Waals surface area contributed by atoms with Crippen LogP contribution in [0.25, 0.3) is 0 Å². The van der Waals surface area contributed by atoms with Crippen LogP contribution in [0.4, 0.5) is 0 Å². The van der Waals surface area contributed by atoms with Crippen LogP contribution < -0.4 is 0 Å². The van der Waals surface area contributed by atoms with Gasteiger partial charge in [-0.15, -0.1) is 6.58 Å². The quantitative estimate of drug-likeness (QED) is 0.769. The van der Waals surface area contributed by atoms with E-state index in [0.29, 0.717) is 6.42 Å². The smallest absolute Gasteiger partial charge is 0.101 e. The van der Waals surface area contributed by atoms with Crippen LogP contribution in [0.15, 0.2) is 67.3 Å². The molecule has 0 bridgehead atoms. The van der Waals surface area contributed by atoms with Gasteiger partial charge in [-0.2, -0.15) is 0 Å². The lowest BCUT2D eigenvalue weighted by Gasteiger charge is -2.40. The molecule has 138 valence electrons. The fraction of sp³-hybridized carbons (Fsp3) is 0.391. The Morgan fingerprint density at radius 1 is 1.12 bits per heavy atom. The van der Waals surface area contributed by atoms with Crippen molar-refractivity contribution in [2.75, 3.05) is 32.8 Å². The molecule has 3 heteroatoms. The first-order chi connectivity index (χ1) is 12.6. The molecule has 1 aliphatic rings. The van der Waals surface area contributed by atoms with Crippen LogP contribution in [0.5, 0.6) is 0 Å². The van der Waals surface area contributed by atoms with Crippen LogP contribution in [0.3, 0.4) is 0 Å². The normalized spacial score (nSPS) is 18.8. The minimum Gasteiger partial charge on any atom is -0.384 e. The fourth-order valence-electron chi connectivity index (χ4n) is 3.78. The van der Waals surface area contributed by atoms with E-state index in [2.05, 4.69) is 42.7 Å². The molecule has 3 nitrogen and oxygen atoms in total. The Morgan fingerprint density at radius 2 is 1.77 bits per heavy atom. The highest BCUT2D eigenvalue weighted by molar-refractivity contribution is 5.34. The topological polar surface area (TPSA) is 32.7 Å². The highest BCUT2D eigenvalue weighted by Gasteiger charge is 2.39. The number of morpholine rings is 1. The maximum absolute atomic E-state index is 11.9. The first kappa shape index (κ1) is 18.8. The molecule has 1 N–H and O–H groups in total. The van der Waals surface area contributed by atoms with Crippen LogP contribution in [-0.4, -0.2) is 42.9 Å². The summed E-state index contributed by atoms with van der Waals surface area (Å²) >= 11 is 0. The number of aryl methyl sites for hydroxylation is 1. The van der Waals surface area contributed by atoms with Gasteiger partial charge in [0.2, 0.25) is 0 Å². The summed E-state index contributed by atoms with van der Waals surface area (Å²) in [6.45, 7) is 10.1. The molecule has 0 amide bonds. The zero-order valence-corrected chi connectivity index (χ0v) is 15.6. The first-order valence-electron chi connectivity index (χ1n) is 9.39. The summed E-state index contributed by atoms with van der Waals surface area (Å²) in [7, 11) is 0. The van der Waals surface area contributed by atoms with E-state index in [-0.39, 0.29) is 5.92 Å². The van der Waals surface area contributed by atoms with Crippen molar-refractivity contribution in [3.05, 3.63) is 83.9 Å². The van der Waals surface area contributed by atoms with Crippen LogP contribution in [0.1, 0.15) is 29.0 Å². The number of ether oxygens (including phenoxy) is 1. The van der Waals surface area contributed by atoms with E-state index in [1.807, 2.05) is 36.4 Å². The molecule has 1 heterocycles. The number of nitrogens with zero attached hydrogens (tertiary/aromatic N) is 1.